The average molecular weight is 376 g/mol. The van der Waals surface area contributed by atoms with Gasteiger partial charge < -0.3 is 14.5 Å². The summed E-state index contributed by atoms with van der Waals surface area (Å²) in [6.07, 6.45) is 1.55. The number of anilines is 1. The van der Waals surface area contributed by atoms with E-state index in [-0.39, 0.29) is 42.5 Å². The minimum absolute atomic E-state index is 0.106. The van der Waals surface area contributed by atoms with Crippen molar-refractivity contribution in [3.8, 4) is 0 Å². The molecule has 0 saturated carbocycles. The summed E-state index contributed by atoms with van der Waals surface area (Å²) in [5.41, 5.74) is 0.984. The number of ether oxygens (including phenoxy) is 1. The summed E-state index contributed by atoms with van der Waals surface area (Å²) in [7, 11) is 0. The van der Waals surface area contributed by atoms with Crippen LogP contribution in [0.25, 0.3) is 0 Å². The molecule has 0 bridgehead atoms. The Morgan fingerprint density at radius 1 is 1.26 bits per heavy atom. The molecule has 1 aromatic rings. The van der Waals surface area contributed by atoms with Crippen molar-refractivity contribution in [1.82, 2.24) is 4.90 Å². The number of carbonyl (C=O) groups is 3. The molecule has 0 unspecified atom stereocenters. The van der Waals surface area contributed by atoms with E-state index in [4.69, 9.17) is 4.74 Å². The quantitative estimate of drug-likeness (QED) is 0.757. The highest BCUT2D eigenvalue weighted by Crippen LogP contribution is 2.29. The van der Waals surface area contributed by atoms with Crippen molar-refractivity contribution in [2.24, 2.45) is 11.8 Å². The Morgan fingerprint density at radius 2 is 2.04 bits per heavy atom. The molecule has 2 atom stereocenters. The first-order valence-electron chi connectivity index (χ1n) is 9.42. The number of carbonyl (C=O) groups excluding carboxylic acids is 3. The van der Waals surface area contributed by atoms with Crippen LogP contribution in [-0.4, -0.2) is 48.9 Å². The molecule has 0 aliphatic carbocycles. The molecule has 3 rings (SSSR count). The summed E-state index contributed by atoms with van der Waals surface area (Å²) < 4.78 is 18.9. The highest BCUT2D eigenvalue weighted by atomic mass is 19.1. The van der Waals surface area contributed by atoms with Crippen molar-refractivity contribution in [2.75, 3.05) is 31.1 Å². The maximum absolute atomic E-state index is 13.8. The zero-order chi connectivity index (χ0) is 19.6. The molecule has 1 aromatic carbocycles. The van der Waals surface area contributed by atoms with Crippen LogP contribution >= 0.6 is 0 Å². The van der Waals surface area contributed by atoms with E-state index in [9.17, 15) is 18.8 Å². The number of hydrogen-bond acceptors (Lipinski definition) is 4. The van der Waals surface area contributed by atoms with Gasteiger partial charge in [0.05, 0.1) is 18.4 Å². The van der Waals surface area contributed by atoms with Crippen LogP contribution in [0.3, 0.4) is 0 Å². The second-order valence-electron chi connectivity index (χ2n) is 7.21. The van der Waals surface area contributed by atoms with E-state index in [1.807, 2.05) is 0 Å². The molecule has 7 heteroatoms. The Balaban J connectivity index is 1.66. The van der Waals surface area contributed by atoms with Gasteiger partial charge in [0.1, 0.15) is 5.82 Å². The average Bonchev–Trinajstić information content (AvgIpc) is 3.05. The van der Waals surface area contributed by atoms with Crippen LogP contribution in [0.2, 0.25) is 0 Å². The van der Waals surface area contributed by atoms with Crippen molar-refractivity contribution in [2.45, 2.75) is 33.1 Å². The first-order chi connectivity index (χ1) is 12.9. The number of aryl methyl sites for hydroxylation is 1. The molecule has 2 amide bonds. The van der Waals surface area contributed by atoms with E-state index in [1.165, 1.54) is 11.0 Å². The number of esters is 1. The Hall–Kier alpha value is -2.44. The predicted molar refractivity (Wildman–Crippen MR) is 97.5 cm³/mol. The third-order valence-electron chi connectivity index (χ3n) is 5.29. The lowest BCUT2D eigenvalue weighted by atomic mass is 9.96. The lowest BCUT2D eigenvalue weighted by molar-refractivity contribution is -0.152. The molecule has 0 aromatic heterocycles. The van der Waals surface area contributed by atoms with Crippen LogP contribution in [0.5, 0.6) is 0 Å². The van der Waals surface area contributed by atoms with Crippen LogP contribution in [0, 0.1) is 24.6 Å². The molecule has 0 radical (unpaired) electrons. The predicted octanol–water partition coefficient (Wildman–Crippen LogP) is 2.29. The van der Waals surface area contributed by atoms with Crippen LogP contribution < -0.4 is 4.90 Å². The molecule has 0 N–H and O–H groups in total. The van der Waals surface area contributed by atoms with Gasteiger partial charge in [0.25, 0.3) is 0 Å². The number of amides is 2. The van der Waals surface area contributed by atoms with Crippen LogP contribution in [0.4, 0.5) is 10.1 Å². The smallest absolute Gasteiger partial charge is 0.310 e. The van der Waals surface area contributed by atoms with E-state index < -0.39 is 5.92 Å². The fourth-order valence-electron chi connectivity index (χ4n) is 3.76. The highest BCUT2D eigenvalue weighted by Gasteiger charge is 2.39. The maximum Gasteiger partial charge on any atom is 0.310 e. The van der Waals surface area contributed by atoms with Crippen molar-refractivity contribution in [1.29, 1.82) is 0 Å². The van der Waals surface area contributed by atoms with Crippen molar-refractivity contribution < 1.29 is 23.5 Å². The maximum atomic E-state index is 13.8. The summed E-state index contributed by atoms with van der Waals surface area (Å²) in [5, 5.41) is 0. The van der Waals surface area contributed by atoms with E-state index in [0.717, 1.165) is 6.42 Å². The second-order valence-corrected chi connectivity index (χ2v) is 7.21. The molecule has 2 aliphatic heterocycles. The molecule has 0 spiro atoms. The normalized spacial score (nSPS) is 22.9. The molecule has 2 saturated heterocycles. The fraction of sp³-hybridized carbons (Fsp3) is 0.550. The van der Waals surface area contributed by atoms with Crippen molar-refractivity contribution >= 4 is 23.5 Å². The minimum atomic E-state index is -0.470. The van der Waals surface area contributed by atoms with Gasteiger partial charge in [-0.25, -0.2) is 4.39 Å². The molecule has 27 heavy (non-hydrogen) atoms. The van der Waals surface area contributed by atoms with Gasteiger partial charge in [-0.2, -0.15) is 0 Å². The molecular formula is C20H25FN2O4. The SMILES string of the molecule is CCOC(=O)[C@H]1CCCN(C(=O)[C@H]2CC(=O)N(c3ccc(C)c(F)c3)C2)C1. The summed E-state index contributed by atoms with van der Waals surface area (Å²) in [5.74, 6) is -1.72. The number of rotatable bonds is 4. The van der Waals surface area contributed by atoms with Gasteiger partial charge in [0, 0.05) is 31.7 Å². The number of likely N-dealkylation sites (tertiary alicyclic amines) is 1. The van der Waals surface area contributed by atoms with Gasteiger partial charge in [0.15, 0.2) is 0 Å². The summed E-state index contributed by atoms with van der Waals surface area (Å²) in [4.78, 5) is 40.4. The number of halogens is 1. The largest absolute Gasteiger partial charge is 0.466 e. The van der Waals surface area contributed by atoms with E-state index in [1.54, 1.807) is 30.9 Å². The van der Waals surface area contributed by atoms with Crippen molar-refractivity contribution in [3.05, 3.63) is 29.6 Å². The van der Waals surface area contributed by atoms with Gasteiger partial charge >= 0.3 is 5.97 Å². The third-order valence-corrected chi connectivity index (χ3v) is 5.29. The van der Waals surface area contributed by atoms with E-state index in [0.29, 0.717) is 37.4 Å². The number of hydrogen-bond donors (Lipinski definition) is 0. The van der Waals surface area contributed by atoms with Gasteiger partial charge in [-0.1, -0.05) is 6.07 Å². The lowest BCUT2D eigenvalue weighted by Gasteiger charge is -2.33. The van der Waals surface area contributed by atoms with Gasteiger partial charge in [-0.15, -0.1) is 0 Å². The molecule has 2 heterocycles. The molecular weight excluding hydrogens is 351 g/mol. The van der Waals surface area contributed by atoms with Crippen LogP contribution in [0.15, 0.2) is 18.2 Å². The first kappa shape index (κ1) is 19.3. The Kier molecular flexibility index (Phi) is 5.77. The minimum Gasteiger partial charge on any atom is -0.466 e. The summed E-state index contributed by atoms with van der Waals surface area (Å²) >= 11 is 0. The van der Waals surface area contributed by atoms with Gasteiger partial charge in [0.2, 0.25) is 11.8 Å². The second kappa shape index (κ2) is 8.06. The molecule has 6 nitrogen and oxygen atoms in total. The van der Waals surface area contributed by atoms with Gasteiger partial charge in [-0.3, -0.25) is 14.4 Å². The Bertz CT molecular complexity index is 751. The van der Waals surface area contributed by atoms with E-state index in [2.05, 4.69) is 0 Å². The Morgan fingerprint density at radius 3 is 2.74 bits per heavy atom. The fourth-order valence-corrected chi connectivity index (χ4v) is 3.76. The first-order valence-corrected chi connectivity index (χ1v) is 9.42. The lowest BCUT2D eigenvalue weighted by Crippen LogP contribution is -2.45. The number of benzene rings is 1. The van der Waals surface area contributed by atoms with E-state index >= 15 is 0 Å². The number of piperidine rings is 1. The topological polar surface area (TPSA) is 66.9 Å². The van der Waals surface area contributed by atoms with Crippen LogP contribution in [-0.2, 0) is 19.1 Å². The third kappa shape index (κ3) is 4.12. The zero-order valence-electron chi connectivity index (χ0n) is 15.7. The molecule has 2 aliphatic rings. The van der Waals surface area contributed by atoms with Crippen molar-refractivity contribution in [3.63, 3.8) is 0 Å². The Labute approximate surface area is 158 Å². The summed E-state index contributed by atoms with van der Waals surface area (Å²) in [6.45, 7) is 4.90. The standard InChI is InChI=1S/C20H25FN2O4/c1-3-27-20(26)14-5-4-8-22(11-14)19(25)15-9-18(24)23(12-15)16-7-6-13(2)17(21)10-16/h6-7,10,14-15H,3-5,8-9,11-12H2,1-2H3/t14-,15-/m0/s1. The molecule has 146 valence electrons. The van der Waals surface area contributed by atoms with Gasteiger partial charge in [-0.05, 0) is 44.4 Å². The zero-order valence-corrected chi connectivity index (χ0v) is 15.7. The molecule has 2 fully saturated rings. The monoisotopic (exact) mass is 376 g/mol. The summed E-state index contributed by atoms with van der Waals surface area (Å²) in [6, 6.07) is 4.65. The highest BCUT2D eigenvalue weighted by molar-refractivity contribution is 6.00. The van der Waals surface area contributed by atoms with Crippen LogP contribution in [0.1, 0.15) is 31.7 Å². The number of nitrogens with zero attached hydrogens (tertiary/aromatic N) is 2.